The molecule has 1 unspecified atom stereocenters. The summed E-state index contributed by atoms with van der Waals surface area (Å²) in [5, 5.41) is 10.6. The molecule has 4 aromatic rings. The number of likely N-dealkylation sites (tertiary alicyclic amines) is 1. The van der Waals surface area contributed by atoms with Gasteiger partial charge >= 0.3 is 5.97 Å². The Balaban J connectivity index is 1.46. The van der Waals surface area contributed by atoms with Crippen LogP contribution in [0.2, 0.25) is 0 Å². The van der Waals surface area contributed by atoms with Crippen molar-refractivity contribution >= 4 is 16.9 Å². The molecule has 3 aromatic carbocycles. The molecule has 0 saturated carbocycles. The van der Waals surface area contributed by atoms with Crippen LogP contribution in [0, 0.1) is 5.92 Å². The predicted molar refractivity (Wildman–Crippen MR) is 133 cm³/mol. The van der Waals surface area contributed by atoms with Gasteiger partial charge in [-0.2, -0.15) is 0 Å². The Morgan fingerprint density at radius 2 is 1.71 bits per heavy atom. The number of carboxylic acids is 1. The number of piperidine rings is 1. The van der Waals surface area contributed by atoms with Crippen LogP contribution in [0.4, 0.5) is 0 Å². The summed E-state index contributed by atoms with van der Waals surface area (Å²) in [6, 6.07) is 28.7. The van der Waals surface area contributed by atoms with E-state index >= 15 is 0 Å². The summed E-state index contributed by atoms with van der Waals surface area (Å²) in [7, 11) is 0. The van der Waals surface area contributed by atoms with Gasteiger partial charge in [-0.25, -0.2) is 0 Å². The predicted octanol–water partition coefficient (Wildman–Crippen LogP) is 5.70. The molecule has 1 fully saturated rings. The Hall–Kier alpha value is -3.70. The van der Waals surface area contributed by atoms with Gasteiger partial charge < -0.3 is 9.84 Å². The fourth-order valence-electron chi connectivity index (χ4n) is 4.77. The SMILES string of the molecule is O=C(O)C1CCN(C(c2cccc(OCc3ccccc3)c2)c2cnc3ccccc3c2)CC1. The third kappa shape index (κ3) is 4.95. The summed E-state index contributed by atoms with van der Waals surface area (Å²) in [6.45, 7) is 1.96. The highest BCUT2D eigenvalue weighted by Crippen LogP contribution is 2.35. The number of nitrogens with zero attached hydrogens (tertiary/aromatic N) is 2. The number of para-hydroxylation sites is 1. The van der Waals surface area contributed by atoms with E-state index in [2.05, 4.69) is 41.3 Å². The number of carbonyl (C=O) groups is 1. The number of hydrogen-bond acceptors (Lipinski definition) is 4. The lowest BCUT2D eigenvalue weighted by molar-refractivity contribution is -0.143. The molecule has 1 N–H and O–H groups in total. The van der Waals surface area contributed by atoms with Gasteiger partial charge in [0, 0.05) is 11.6 Å². The smallest absolute Gasteiger partial charge is 0.306 e. The van der Waals surface area contributed by atoms with E-state index in [9.17, 15) is 9.90 Å². The van der Waals surface area contributed by atoms with Crippen molar-refractivity contribution < 1.29 is 14.6 Å². The Labute approximate surface area is 199 Å². The first-order valence-electron chi connectivity index (χ1n) is 11.8. The summed E-state index contributed by atoms with van der Waals surface area (Å²) < 4.78 is 6.11. The minimum absolute atomic E-state index is 0.0212. The second-order valence-electron chi connectivity index (χ2n) is 8.86. The number of hydrogen-bond donors (Lipinski definition) is 1. The van der Waals surface area contributed by atoms with Crippen LogP contribution < -0.4 is 4.74 Å². The third-order valence-electron chi connectivity index (χ3n) is 6.59. The van der Waals surface area contributed by atoms with Crippen LogP contribution in [-0.2, 0) is 11.4 Å². The van der Waals surface area contributed by atoms with E-state index in [0.29, 0.717) is 19.4 Å². The van der Waals surface area contributed by atoms with Gasteiger partial charge in [0.05, 0.1) is 17.5 Å². The number of benzene rings is 3. The topological polar surface area (TPSA) is 62.7 Å². The van der Waals surface area contributed by atoms with Gasteiger partial charge in [0.2, 0.25) is 0 Å². The molecule has 172 valence electrons. The van der Waals surface area contributed by atoms with Gasteiger partial charge in [-0.05, 0) is 66.9 Å². The van der Waals surface area contributed by atoms with Crippen molar-refractivity contribution in [1.82, 2.24) is 9.88 Å². The van der Waals surface area contributed by atoms with Crippen molar-refractivity contribution in [2.75, 3.05) is 13.1 Å². The monoisotopic (exact) mass is 452 g/mol. The molecule has 5 heteroatoms. The highest BCUT2D eigenvalue weighted by atomic mass is 16.5. The molecule has 1 saturated heterocycles. The summed E-state index contributed by atoms with van der Waals surface area (Å²) >= 11 is 0. The maximum Gasteiger partial charge on any atom is 0.306 e. The molecule has 34 heavy (non-hydrogen) atoms. The van der Waals surface area contributed by atoms with E-state index in [1.807, 2.05) is 54.7 Å². The van der Waals surface area contributed by atoms with Crippen molar-refractivity contribution in [2.45, 2.75) is 25.5 Å². The summed E-state index contributed by atoms with van der Waals surface area (Å²) in [5.74, 6) is -0.146. The molecular weight excluding hydrogens is 424 g/mol. The number of rotatable bonds is 7. The minimum atomic E-state index is -0.695. The molecule has 1 aromatic heterocycles. The highest BCUT2D eigenvalue weighted by molar-refractivity contribution is 5.79. The second-order valence-corrected chi connectivity index (χ2v) is 8.86. The molecule has 5 rings (SSSR count). The van der Waals surface area contributed by atoms with Crippen LogP contribution in [0.5, 0.6) is 5.75 Å². The fourth-order valence-corrected chi connectivity index (χ4v) is 4.77. The zero-order valence-electron chi connectivity index (χ0n) is 19.0. The molecule has 0 aliphatic carbocycles. The van der Waals surface area contributed by atoms with E-state index in [1.165, 1.54) is 0 Å². The molecule has 1 aliphatic heterocycles. The maximum atomic E-state index is 11.5. The fraction of sp³-hybridized carbons (Fsp3) is 0.241. The maximum absolute atomic E-state index is 11.5. The quantitative estimate of drug-likeness (QED) is 0.390. The zero-order chi connectivity index (χ0) is 23.3. The number of carboxylic acid groups (broad SMARTS) is 1. The van der Waals surface area contributed by atoms with Crippen LogP contribution >= 0.6 is 0 Å². The van der Waals surface area contributed by atoms with Crippen molar-refractivity contribution in [2.24, 2.45) is 5.92 Å². The van der Waals surface area contributed by atoms with Crippen LogP contribution in [0.1, 0.15) is 35.6 Å². The van der Waals surface area contributed by atoms with Crippen LogP contribution in [0.25, 0.3) is 10.9 Å². The molecule has 1 aliphatic rings. The molecule has 2 heterocycles. The lowest BCUT2D eigenvalue weighted by Gasteiger charge is -2.37. The molecule has 0 bridgehead atoms. The van der Waals surface area contributed by atoms with Gasteiger partial charge in [-0.3, -0.25) is 14.7 Å². The van der Waals surface area contributed by atoms with Crippen LogP contribution in [-0.4, -0.2) is 34.0 Å². The van der Waals surface area contributed by atoms with E-state index in [-0.39, 0.29) is 12.0 Å². The van der Waals surface area contributed by atoms with Gasteiger partial charge in [0.15, 0.2) is 0 Å². The number of pyridine rings is 1. The van der Waals surface area contributed by atoms with Crippen molar-refractivity contribution in [1.29, 1.82) is 0 Å². The average molecular weight is 453 g/mol. The second kappa shape index (κ2) is 10.1. The number of fused-ring (bicyclic) bond motifs is 1. The standard InChI is InChI=1S/C29H28N2O3/c32-29(33)22-13-15-31(16-14-22)28(25-17-23-9-4-5-12-27(23)30-19-25)24-10-6-11-26(18-24)34-20-21-7-2-1-3-8-21/h1-12,17-19,22,28H,13-16,20H2,(H,32,33). The average Bonchev–Trinajstić information content (AvgIpc) is 2.89. The summed E-state index contributed by atoms with van der Waals surface area (Å²) in [6.07, 6.45) is 3.25. The van der Waals surface area contributed by atoms with Crippen LogP contribution in [0.15, 0.2) is 91.1 Å². The van der Waals surface area contributed by atoms with Crippen LogP contribution in [0.3, 0.4) is 0 Å². The number of aromatic nitrogens is 1. The van der Waals surface area contributed by atoms with Gasteiger partial charge in [0.1, 0.15) is 12.4 Å². The van der Waals surface area contributed by atoms with Gasteiger partial charge in [-0.1, -0.05) is 60.7 Å². The van der Waals surface area contributed by atoms with Gasteiger partial charge in [0.25, 0.3) is 0 Å². The Bertz CT molecular complexity index is 1270. The molecular formula is C29H28N2O3. The minimum Gasteiger partial charge on any atom is -0.489 e. The lowest BCUT2D eigenvalue weighted by atomic mass is 9.91. The normalized spacial score (nSPS) is 15.8. The molecule has 1 atom stereocenters. The van der Waals surface area contributed by atoms with E-state index in [0.717, 1.165) is 46.4 Å². The van der Waals surface area contributed by atoms with E-state index in [4.69, 9.17) is 9.72 Å². The first-order chi connectivity index (χ1) is 16.7. The number of aliphatic carboxylic acids is 1. The first kappa shape index (κ1) is 22.1. The number of ether oxygens (including phenoxy) is 1. The van der Waals surface area contributed by atoms with Crippen molar-refractivity contribution in [3.8, 4) is 5.75 Å². The largest absolute Gasteiger partial charge is 0.489 e. The lowest BCUT2D eigenvalue weighted by Crippen LogP contribution is -2.39. The Morgan fingerprint density at radius 1 is 0.941 bits per heavy atom. The van der Waals surface area contributed by atoms with Crippen molar-refractivity contribution in [3.63, 3.8) is 0 Å². The molecule has 0 spiro atoms. The van der Waals surface area contributed by atoms with E-state index in [1.54, 1.807) is 0 Å². The zero-order valence-corrected chi connectivity index (χ0v) is 19.0. The summed E-state index contributed by atoms with van der Waals surface area (Å²) in [4.78, 5) is 18.6. The molecule has 0 radical (unpaired) electrons. The summed E-state index contributed by atoms with van der Waals surface area (Å²) in [5.41, 5.74) is 4.32. The Morgan fingerprint density at radius 3 is 2.50 bits per heavy atom. The molecule has 0 amide bonds. The highest BCUT2D eigenvalue weighted by Gasteiger charge is 2.30. The third-order valence-corrected chi connectivity index (χ3v) is 6.59. The van der Waals surface area contributed by atoms with Gasteiger partial charge in [-0.15, -0.1) is 0 Å². The Kier molecular flexibility index (Phi) is 6.54. The molecule has 5 nitrogen and oxygen atoms in total. The van der Waals surface area contributed by atoms with Crippen molar-refractivity contribution in [3.05, 3.63) is 108 Å². The first-order valence-corrected chi connectivity index (χ1v) is 11.8. The van der Waals surface area contributed by atoms with E-state index < -0.39 is 5.97 Å².